The first kappa shape index (κ1) is 14.5. The van der Waals surface area contributed by atoms with Gasteiger partial charge in [0.05, 0.1) is 17.6 Å². The molecule has 1 aliphatic carbocycles. The number of aliphatic hydroxyl groups excluding tert-OH is 1. The van der Waals surface area contributed by atoms with Crippen molar-refractivity contribution in [2.75, 3.05) is 13.2 Å². The molecule has 1 saturated carbocycles. The van der Waals surface area contributed by atoms with E-state index >= 15 is 0 Å². The summed E-state index contributed by atoms with van der Waals surface area (Å²) < 4.78 is 0. The van der Waals surface area contributed by atoms with Crippen molar-refractivity contribution in [2.45, 2.75) is 52.0 Å². The predicted molar refractivity (Wildman–Crippen MR) is 68.4 cm³/mol. The lowest BCUT2D eigenvalue weighted by molar-refractivity contribution is -0.135. The summed E-state index contributed by atoms with van der Waals surface area (Å²) in [6, 6.07) is 0. The molecule has 100 valence electrons. The summed E-state index contributed by atoms with van der Waals surface area (Å²) in [7, 11) is 0. The smallest absolute Gasteiger partial charge is 0.227 e. The maximum atomic E-state index is 12.3. The lowest BCUT2D eigenvalue weighted by Gasteiger charge is -2.39. The molecule has 0 aromatic heterocycles. The Morgan fingerprint density at radius 2 is 2.00 bits per heavy atom. The molecule has 0 atom stereocenters. The topological polar surface area (TPSA) is 75.4 Å². The minimum atomic E-state index is -0.567. The third-order valence-electron chi connectivity index (χ3n) is 3.95. The first-order valence-electron chi connectivity index (χ1n) is 6.49. The SMILES string of the molecule is CC1CCC(CN)(C(=O)NC(C)(C)CO)CC1. The van der Waals surface area contributed by atoms with Crippen LogP contribution in [0, 0.1) is 11.3 Å². The Hall–Kier alpha value is -0.610. The molecule has 0 saturated heterocycles. The van der Waals surface area contributed by atoms with E-state index in [1.165, 1.54) is 0 Å². The summed E-state index contributed by atoms with van der Waals surface area (Å²) in [5, 5.41) is 12.1. The fraction of sp³-hybridized carbons (Fsp3) is 0.923. The number of hydrogen-bond donors (Lipinski definition) is 3. The maximum Gasteiger partial charge on any atom is 0.227 e. The number of rotatable bonds is 4. The summed E-state index contributed by atoms with van der Waals surface area (Å²) in [6.07, 6.45) is 3.84. The number of carbonyl (C=O) groups excluding carboxylic acids is 1. The average molecular weight is 242 g/mol. The molecule has 0 aromatic carbocycles. The van der Waals surface area contributed by atoms with Gasteiger partial charge in [0.1, 0.15) is 0 Å². The lowest BCUT2D eigenvalue weighted by atomic mass is 9.70. The Kier molecular flexibility index (Phi) is 4.55. The van der Waals surface area contributed by atoms with E-state index in [9.17, 15) is 9.90 Å². The Balaban J connectivity index is 2.70. The van der Waals surface area contributed by atoms with Crippen LogP contribution in [0.4, 0.5) is 0 Å². The van der Waals surface area contributed by atoms with Crippen molar-refractivity contribution in [3.63, 3.8) is 0 Å². The van der Waals surface area contributed by atoms with Gasteiger partial charge >= 0.3 is 0 Å². The maximum absolute atomic E-state index is 12.3. The number of carbonyl (C=O) groups is 1. The quantitative estimate of drug-likeness (QED) is 0.689. The van der Waals surface area contributed by atoms with Gasteiger partial charge in [-0.25, -0.2) is 0 Å². The Morgan fingerprint density at radius 1 is 1.47 bits per heavy atom. The van der Waals surface area contributed by atoms with Gasteiger partial charge in [-0.05, 0) is 45.4 Å². The summed E-state index contributed by atoms with van der Waals surface area (Å²) in [5.74, 6) is 0.694. The standard InChI is InChI=1S/C13H26N2O2/c1-10-4-6-13(8-14,7-5-10)11(17)15-12(2,3)9-16/h10,16H,4-9,14H2,1-3H3,(H,15,17). The van der Waals surface area contributed by atoms with E-state index < -0.39 is 11.0 Å². The van der Waals surface area contributed by atoms with E-state index in [1.54, 1.807) is 0 Å². The van der Waals surface area contributed by atoms with Gasteiger partial charge in [0.2, 0.25) is 5.91 Å². The molecule has 1 fully saturated rings. The third-order valence-corrected chi connectivity index (χ3v) is 3.95. The van der Waals surface area contributed by atoms with E-state index in [1.807, 2.05) is 13.8 Å². The van der Waals surface area contributed by atoms with E-state index in [2.05, 4.69) is 12.2 Å². The molecular formula is C13H26N2O2. The van der Waals surface area contributed by atoms with Crippen LogP contribution in [0.5, 0.6) is 0 Å². The van der Waals surface area contributed by atoms with Gasteiger partial charge in [0.15, 0.2) is 0 Å². The highest BCUT2D eigenvalue weighted by atomic mass is 16.3. The normalized spacial score (nSPS) is 30.1. The highest BCUT2D eigenvalue weighted by Gasteiger charge is 2.41. The van der Waals surface area contributed by atoms with Crippen LogP contribution in [0.25, 0.3) is 0 Å². The van der Waals surface area contributed by atoms with Gasteiger partial charge in [0, 0.05) is 6.54 Å². The zero-order valence-corrected chi connectivity index (χ0v) is 11.3. The molecule has 1 rings (SSSR count). The molecule has 0 aromatic rings. The molecule has 1 aliphatic rings. The van der Waals surface area contributed by atoms with E-state index in [0.717, 1.165) is 25.7 Å². The molecule has 0 unspecified atom stereocenters. The van der Waals surface area contributed by atoms with Gasteiger partial charge < -0.3 is 16.2 Å². The largest absolute Gasteiger partial charge is 0.394 e. The first-order valence-corrected chi connectivity index (χ1v) is 6.49. The lowest BCUT2D eigenvalue weighted by Crippen LogP contribution is -2.55. The molecule has 0 heterocycles. The third kappa shape index (κ3) is 3.42. The average Bonchev–Trinajstić information content (AvgIpc) is 2.30. The second-order valence-corrected chi connectivity index (χ2v) is 6.16. The van der Waals surface area contributed by atoms with Gasteiger partial charge in [0.25, 0.3) is 0 Å². The second-order valence-electron chi connectivity index (χ2n) is 6.16. The van der Waals surface area contributed by atoms with Crippen molar-refractivity contribution in [3.05, 3.63) is 0 Å². The van der Waals surface area contributed by atoms with Crippen molar-refractivity contribution < 1.29 is 9.90 Å². The number of aliphatic hydroxyl groups is 1. The molecule has 4 N–H and O–H groups in total. The van der Waals surface area contributed by atoms with Crippen LogP contribution in [0.3, 0.4) is 0 Å². The van der Waals surface area contributed by atoms with Crippen LogP contribution in [0.15, 0.2) is 0 Å². The minimum absolute atomic E-state index is 0.00551. The number of hydrogen-bond acceptors (Lipinski definition) is 3. The van der Waals surface area contributed by atoms with Crippen molar-refractivity contribution in [3.8, 4) is 0 Å². The van der Waals surface area contributed by atoms with Crippen molar-refractivity contribution in [1.29, 1.82) is 0 Å². The zero-order chi connectivity index (χ0) is 13.1. The van der Waals surface area contributed by atoms with Crippen LogP contribution in [-0.2, 0) is 4.79 Å². The fourth-order valence-electron chi connectivity index (χ4n) is 2.32. The molecule has 1 amide bonds. The Bertz CT molecular complexity index is 269. The van der Waals surface area contributed by atoms with Crippen LogP contribution < -0.4 is 11.1 Å². The van der Waals surface area contributed by atoms with Crippen LogP contribution >= 0.6 is 0 Å². The van der Waals surface area contributed by atoms with E-state index in [0.29, 0.717) is 12.5 Å². The van der Waals surface area contributed by atoms with Gasteiger partial charge in [-0.3, -0.25) is 4.79 Å². The molecular weight excluding hydrogens is 216 g/mol. The molecule has 0 bridgehead atoms. The van der Waals surface area contributed by atoms with Crippen LogP contribution in [0.1, 0.15) is 46.5 Å². The number of amides is 1. The van der Waals surface area contributed by atoms with E-state index in [4.69, 9.17) is 5.73 Å². The minimum Gasteiger partial charge on any atom is -0.394 e. The zero-order valence-electron chi connectivity index (χ0n) is 11.3. The summed E-state index contributed by atoms with van der Waals surface area (Å²) in [4.78, 5) is 12.3. The van der Waals surface area contributed by atoms with Crippen LogP contribution in [0.2, 0.25) is 0 Å². The van der Waals surface area contributed by atoms with Gasteiger partial charge in [-0.2, -0.15) is 0 Å². The molecule has 17 heavy (non-hydrogen) atoms. The van der Waals surface area contributed by atoms with E-state index in [-0.39, 0.29) is 12.5 Å². The first-order chi connectivity index (χ1) is 7.85. The van der Waals surface area contributed by atoms with Crippen molar-refractivity contribution >= 4 is 5.91 Å². The predicted octanol–water partition coefficient (Wildman–Crippen LogP) is 1.03. The molecule has 0 radical (unpaired) electrons. The van der Waals surface area contributed by atoms with Crippen molar-refractivity contribution in [1.82, 2.24) is 5.32 Å². The molecule has 0 spiro atoms. The highest BCUT2D eigenvalue weighted by molar-refractivity contribution is 5.83. The van der Waals surface area contributed by atoms with Gasteiger partial charge in [-0.1, -0.05) is 6.92 Å². The second kappa shape index (κ2) is 5.36. The summed E-state index contributed by atoms with van der Waals surface area (Å²) >= 11 is 0. The molecule has 4 nitrogen and oxygen atoms in total. The fourth-order valence-corrected chi connectivity index (χ4v) is 2.32. The molecule has 0 aliphatic heterocycles. The Labute approximate surface area is 104 Å². The number of nitrogens with one attached hydrogen (secondary N) is 1. The molecule has 4 heteroatoms. The summed E-state index contributed by atoms with van der Waals surface area (Å²) in [6.45, 7) is 6.19. The highest BCUT2D eigenvalue weighted by Crippen LogP contribution is 2.38. The number of nitrogens with two attached hydrogens (primary N) is 1. The monoisotopic (exact) mass is 242 g/mol. The van der Waals surface area contributed by atoms with Gasteiger partial charge in [-0.15, -0.1) is 0 Å². The summed E-state index contributed by atoms with van der Waals surface area (Å²) in [5.41, 5.74) is 4.84. The van der Waals surface area contributed by atoms with Crippen molar-refractivity contribution in [2.24, 2.45) is 17.1 Å². The van der Waals surface area contributed by atoms with Crippen LogP contribution in [-0.4, -0.2) is 29.7 Å². The Morgan fingerprint density at radius 3 is 2.41 bits per heavy atom.